The van der Waals surface area contributed by atoms with Gasteiger partial charge in [-0.2, -0.15) is 0 Å². The van der Waals surface area contributed by atoms with E-state index in [1.165, 1.54) is 4.90 Å². The lowest BCUT2D eigenvalue weighted by Gasteiger charge is -2.14. The summed E-state index contributed by atoms with van der Waals surface area (Å²) in [5.41, 5.74) is 6.23. The van der Waals surface area contributed by atoms with E-state index < -0.39 is 6.03 Å². The molecule has 1 aromatic carbocycles. The minimum absolute atomic E-state index is 0.403. The highest BCUT2D eigenvalue weighted by Gasteiger charge is 2.05. The Morgan fingerprint density at radius 2 is 2.15 bits per heavy atom. The van der Waals surface area contributed by atoms with Crippen molar-refractivity contribution in [3.05, 3.63) is 33.4 Å². The number of hydrogen-bond acceptors (Lipinski definition) is 1. The number of nitrogens with zero attached hydrogens (tertiary/aromatic N) is 1. The van der Waals surface area contributed by atoms with Gasteiger partial charge in [0.05, 0.1) is 0 Å². The van der Waals surface area contributed by atoms with Crippen molar-refractivity contribution in [3.63, 3.8) is 0 Å². The van der Waals surface area contributed by atoms with Crippen molar-refractivity contribution in [1.29, 1.82) is 0 Å². The fourth-order valence-electron chi connectivity index (χ4n) is 0.960. The highest BCUT2D eigenvalue weighted by Crippen LogP contribution is 2.12. The Labute approximate surface area is 91.0 Å². The van der Waals surface area contributed by atoms with Crippen LogP contribution in [0.2, 0.25) is 0 Å². The van der Waals surface area contributed by atoms with E-state index in [0.29, 0.717) is 6.54 Å². The van der Waals surface area contributed by atoms with Crippen molar-refractivity contribution < 1.29 is 4.79 Å². The van der Waals surface area contributed by atoms with Crippen LogP contribution in [0.3, 0.4) is 0 Å². The minimum atomic E-state index is -0.403. The molecule has 13 heavy (non-hydrogen) atoms. The summed E-state index contributed by atoms with van der Waals surface area (Å²) >= 11 is 2.24. The van der Waals surface area contributed by atoms with E-state index in [1.54, 1.807) is 7.05 Å². The van der Waals surface area contributed by atoms with E-state index >= 15 is 0 Å². The van der Waals surface area contributed by atoms with Crippen LogP contribution in [0.4, 0.5) is 4.79 Å². The fraction of sp³-hybridized carbons (Fsp3) is 0.222. The molecule has 0 heterocycles. The SMILES string of the molecule is CN(Cc1ccccc1I)C(N)=O. The molecular formula is C9H11IN2O. The summed E-state index contributed by atoms with van der Waals surface area (Å²) in [5, 5.41) is 0. The van der Waals surface area contributed by atoms with Gasteiger partial charge < -0.3 is 10.6 Å². The fourth-order valence-corrected chi connectivity index (χ4v) is 1.52. The first-order valence-electron chi connectivity index (χ1n) is 3.85. The van der Waals surface area contributed by atoms with Crippen molar-refractivity contribution >= 4 is 28.6 Å². The summed E-state index contributed by atoms with van der Waals surface area (Å²) in [5.74, 6) is 0. The summed E-state index contributed by atoms with van der Waals surface area (Å²) < 4.78 is 1.15. The third-order valence-corrected chi connectivity index (χ3v) is 2.79. The lowest BCUT2D eigenvalue weighted by atomic mass is 10.2. The van der Waals surface area contributed by atoms with Gasteiger partial charge in [0.1, 0.15) is 0 Å². The number of urea groups is 1. The number of benzene rings is 1. The summed E-state index contributed by atoms with van der Waals surface area (Å²) in [6.07, 6.45) is 0. The van der Waals surface area contributed by atoms with Crippen LogP contribution in [0, 0.1) is 3.57 Å². The molecule has 0 radical (unpaired) electrons. The average molecular weight is 290 g/mol. The normalized spacial score (nSPS) is 9.69. The largest absolute Gasteiger partial charge is 0.351 e. The van der Waals surface area contributed by atoms with Gasteiger partial charge in [-0.25, -0.2) is 4.79 Å². The molecule has 4 heteroatoms. The third kappa shape index (κ3) is 2.87. The van der Waals surface area contributed by atoms with Crippen LogP contribution in [0.1, 0.15) is 5.56 Å². The van der Waals surface area contributed by atoms with Crippen LogP contribution in [-0.2, 0) is 6.54 Å². The summed E-state index contributed by atoms with van der Waals surface area (Å²) in [7, 11) is 1.69. The van der Waals surface area contributed by atoms with Crippen molar-refractivity contribution in [2.75, 3.05) is 7.05 Å². The standard InChI is InChI=1S/C9H11IN2O/c1-12(9(11)13)6-7-4-2-3-5-8(7)10/h2-5H,6H2,1H3,(H2,11,13). The lowest BCUT2D eigenvalue weighted by Crippen LogP contribution is -2.31. The maximum Gasteiger partial charge on any atom is 0.314 e. The summed E-state index contributed by atoms with van der Waals surface area (Å²) in [4.78, 5) is 12.2. The van der Waals surface area contributed by atoms with Crippen LogP contribution in [0.5, 0.6) is 0 Å². The molecule has 1 aromatic rings. The van der Waals surface area contributed by atoms with Gasteiger partial charge in [0, 0.05) is 17.2 Å². The van der Waals surface area contributed by atoms with E-state index in [9.17, 15) is 4.79 Å². The van der Waals surface area contributed by atoms with Crippen molar-refractivity contribution in [2.24, 2.45) is 5.73 Å². The Kier molecular flexibility index (Phi) is 3.53. The molecular weight excluding hydrogens is 279 g/mol. The molecule has 2 amide bonds. The van der Waals surface area contributed by atoms with Crippen LogP contribution in [0.25, 0.3) is 0 Å². The number of hydrogen-bond donors (Lipinski definition) is 1. The predicted molar refractivity (Wildman–Crippen MR) is 60.2 cm³/mol. The Balaban J connectivity index is 2.74. The number of halogens is 1. The minimum Gasteiger partial charge on any atom is -0.351 e. The maximum absolute atomic E-state index is 10.8. The highest BCUT2D eigenvalue weighted by atomic mass is 127. The molecule has 0 fully saturated rings. The second kappa shape index (κ2) is 4.45. The Morgan fingerprint density at radius 3 is 2.69 bits per heavy atom. The van der Waals surface area contributed by atoms with E-state index in [1.807, 2.05) is 24.3 Å². The number of amides is 2. The molecule has 1 rings (SSSR count). The molecule has 0 aliphatic rings. The molecule has 0 aromatic heterocycles. The lowest BCUT2D eigenvalue weighted by molar-refractivity contribution is 0.216. The predicted octanol–water partition coefficient (Wildman–Crippen LogP) is 1.80. The number of primary amides is 1. The zero-order chi connectivity index (χ0) is 9.84. The number of rotatable bonds is 2. The Morgan fingerprint density at radius 1 is 1.54 bits per heavy atom. The molecule has 0 aliphatic carbocycles. The highest BCUT2D eigenvalue weighted by molar-refractivity contribution is 14.1. The topological polar surface area (TPSA) is 46.3 Å². The van der Waals surface area contributed by atoms with Crippen molar-refractivity contribution in [1.82, 2.24) is 4.90 Å². The van der Waals surface area contributed by atoms with Crippen LogP contribution in [0.15, 0.2) is 24.3 Å². The Hall–Kier alpha value is -0.780. The number of carbonyl (C=O) groups excluding carboxylic acids is 1. The number of nitrogens with two attached hydrogens (primary N) is 1. The summed E-state index contributed by atoms with van der Waals surface area (Å²) in [6, 6.07) is 7.51. The monoisotopic (exact) mass is 290 g/mol. The molecule has 0 saturated heterocycles. The van der Waals surface area contributed by atoms with Crippen molar-refractivity contribution in [3.8, 4) is 0 Å². The number of carbonyl (C=O) groups is 1. The van der Waals surface area contributed by atoms with E-state index in [2.05, 4.69) is 22.6 Å². The van der Waals surface area contributed by atoms with Gasteiger partial charge in [0.2, 0.25) is 0 Å². The molecule has 0 unspecified atom stereocenters. The first-order chi connectivity index (χ1) is 6.11. The van der Waals surface area contributed by atoms with Gasteiger partial charge in [0.25, 0.3) is 0 Å². The van der Waals surface area contributed by atoms with Gasteiger partial charge in [0.15, 0.2) is 0 Å². The first kappa shape index (κ1) is 10.3. The quantitative estimate of drug-likeness (QED) is 0.829. The van der Waals surface area contributed by atoms with Gasteiger partial charge >= 0.3 is 6.03 Å². The second-order valence-corrected chi connectivity index (χ2v) is 3.95. The van der Waals surface area contributed by atoms with Gasteiger partial charge in [-0.3, -0.25) is 0 Å². The molecule has 0 spiro atoms. The molecule has 0 bridgehead atoms. The molecule has 70 valence electrons. The third-order valence-electron chi connectivity index (χ3n) is 1.74. The molecule has 0 atom stereocenters. The van der Waals surface area contributed by atoms with Crippen LogP contribution >= 0.6 is 22.6 Å². The van der Waals surface area contributed by atoms with Gasteiger partial charge in [-0.1, -0.05) is 18.2 Å². The smallest absolute Gasteiger partial charge is 0.314 e. The van der Waals surface area contributed by atoms with Crippen molar-refractivity contribution in [2.45, 2.75) is 6.54 Å². The zero-order valence-corrected chi connectivity index (χ0v) is 9.48. The van der Waals surface area contributed by atoms with Crippen LogP contribution < -0.4 is 5.73 Å². The zero-order valence-electron chi connectivity index (χ0n) is 7.33. The molecule has 0 aliphatic heterocycles. The average Bonchev–Trinajstić information content (AvgIpc) is 2.08. The van der Waals surface area contributed by atoms with E-state index in [-0.39, 0.29) is 0 Å². The molecule has 0 saturated carbocycles. The van der Waals surface area contributed by atoms with E-state index in [4.69, 9.17) is 5.73 Å². The molecule has 2 N–H and O–H groups in total. The first-order valence-corrected chi connectivity index (χ1v) is 4.93. The molecule has 3 nitrogen and oxygen atoms in total. The van der Waals surface area contributed by atoms with Crippen LogP contribution in [-0.4, -0.2) is 18.0 Å². The second-order valence-electron chi connectivity index (χ2n) is 2.79. The maximum atomic E-state index is 10.8. The van der Waals surface area contributed by atoms with E-state index in [0.717, 1.165) is 9.13 Å². The van der Waals surface area contributed by atoms with Gasteiger partial charge in [-0.15, -0.1) is 0 Å². The summed E-state index contributed by atoms with van der Waals surface area (Å²) in [6.45, 7) is 0.564. The van der Waals surface area contributed by atoms with Gasteiger partial charge in [-0.05, 0) is 34.2 Å². The Bertz CT molecular complexity index is 314.